The summed E-state index contributed by atoms with van der Waals surface area (Å²) in [6, 6.07) is -0.376. The van der Waals surface area contributed by atoms with E-state index in [1.165, 1.54) is 7.11 Å². The van der Waals surface area contributed by atoms with E-state index in [-0.39, 0.29) is 30.3 Å². The van der Waals surface area contributed by atoms with Gasteiger partial charge in [0, 0.05) is 13.0 Å². The second kappa shape index (κ2) is 6.37. The Labute approximate surface area is 84.0 Å². The Kier molecular flexibility index (Phi) is 5.87. The minimum Gasteiger partial charge on any atom is -0.468 e. The third-order valence-corrected chi connectivity index (χ3v) is 1.86. The molecule has 5 heteroatoms. The highest BCUT2D eigenvalue weighted by Gasteiger charge is 2.21. The van der Waals surface area contributed by atoms with Gasteiger partial charge in [0.25, 0.3) is 0 Å². The van der Waals surface area contributed by atoms with Gasteiger partial charge in [-0.15, -0.1) is 0 Å². The highest BCUT2D eigenvalue weighted by atomic mass is 16.5. The van der Waals surface area contributed by atoms with Gasteiger partial charge in [0.05, 0.1) is 7.11 Å². The normalized spacial score (nSPS) is 12.6. The van der Waals surface area contributed by atoms with Gasteiger partial charge in [-0.1, -0.05) is 13.8 Å². The summed E-state index contributed by atoms with van der Waals surface area (Å²) >= 11 is 0. The number of esters is 1. The van der Waals surface area contributed by atoms with Crippen molar-refractivity contribution in [1.82, 2.24) is 5.32 Å². The standard InChI is InChI=1S/C9H18N2O3/c1-6(2)8(9(13)14-3)11-5-4-7(10)12/h6,8,11H,4-5H2,1-3H3,(H2,10,12). The van der Waals surface area contributed by atoms with Gasteiger partial charge < -0.3 is 15.8 Å². The molecule has 0 radical (unpaired) electrons. The number of ether oxygens (including phenoxy) is 1. The second-order valence-electron chi connectivity index (χ2n) is 3.42. The molecule has 5 nitrogen and oxygen atoms in total. The first-order valence-corrected chi connectivity index (χ1v) is 4.58. The van der Waals surface area contributed by atoms with Crippen LogP contribution in [0, 0.1) is 5.92 Å². The topological polar surface area (TPSA) is 81.4 Å². The third kappa shape index (κ3) is 4.81. The number of amides is 1. The first-order valence-electron chi connectivity index (χ1n) is 4.58. The van der Waals surface area contributed by atoms with Crippen molar-refractivity contribution >= 4 is 11.9 Å². The molecule has 0 fully saturated rings. The molecule has 0 bridgehead atoms. The largest absolute Gasteiger partial charge is 0.468 e. The van der Waals surface area contributed by atoms with Gasteiger partial charge in [0.1, 0.15) is 6.04 Å². The van der Waals surface area contributed by atoms with Gasteiger partial charge in [-0.2, -0.15) is 0 Å². The first kappa shape index (κ1) is 12.9. The number of carbonyl (C=O) groups is 2. The molecule has 0 saturated heterocycles. The molecule has 82 valence electrons. The minimum absolute atomic E-state index is 0.121. The number of rotatable bonds is 6. The zero-order valence-corrected chi connectivity index (χ0v) is 8.87. The van der Waals surface area contributed by atoms with Crippen molar-refractivity contribution in [3.05, 3.63) is 0 Å². The van der Waals surface area contributed by atoms with Crippen molar-refractivity contribution in [3.8, 4) is 0 Å². The van der Waals surface area contributed by atoms with Crippen molar-refractivity contribution in [1.29, 1.82) is 0 Å². The van der Waals surface area contributed by atoms with E-state index in [1.807, 2.05) is 13.8 Å². The maximum absolute atomic E-state index is 11.2. The van der Waals surface area contributed by atoms with Crippen molar-refractivity contribution in [3.63, 3.8) is 0 Å². The van der Waals surface area contributed by atoms with E-state index >= 15 is 0 Å². The summed E-state index contributed by atoms with van der Waals surface area (Å²) < 4.78 is 4.61. The van der Waals surface area contributed by atoms with Crippen molar-refractivity contribution < 1.29 is 14.3 Å². The number of hydrogen-bond acceptors (Lipinski definition) is 4. The zero-order chi connectivity index (χ0) is 11.1. The molecule has 0 aromatic carbocycles. The fourth-order valence-electron chi connectivity index (χ4n) is 1.07. The van der Waals surface area contributed by atoms with Gasteiger partial charge in [0.2, 0.25) is 5.91 Å². The first-order chi connectivity index (χ1) is 6.49. The number of methoxy groups -OCH3 is 1. The Morgan fingerprint density at radius 1 is 1.43 bits per heavy atom. The fourth-order valence-corrected chi connectivity index (χ4v) is 1.07. The van der Waals surface area contributed by atoms with E-state index in [4.69, 9.17) is 5.73 Å². The van der Waals surface area contributed by atoms with Crippen LogP contribution in [0.25, 0.3) is 0 Å². The van der Waals surface area contributed by atoms with Crippen LogP contribution in [-0.4, -0.2) is 31.6 Å². The molecule has 0 aliphatic carbocycles. The lowest BCUT2D eigenvalue weighted by molar-refractivity contribution is -0.144. The van der Waals surface area contributed by atoms with E-state index in [2.05, 4.69) is 10.1 Å². The van der Waals surface area contributed by atoms with Gasteiger partial charge in [0.15, 0.2) is 0 Å². The molecular formula is C9H18N2O3. The van der Waals surface area contributed by atoms with Crippen LogP contribution in [0.3, 0.4) is 0 Å². The average Bonchev–Trinajstić information content (AvgIpc) is 2.10. The number of nitrogens with two attached hydrogens (primary N) is 1. The van der Waals surface area contributed by atoms with Crippen molar-refractivity contribution in [2.45, 2.75) is 26.3 Å². The Bertz CT molecular complexity index is 204. The molecule has 0 saturated carbocycles. The lowest BCUT2D eigenvalue weighted by Crippen LogP contribution is -2.42. The maximum Gasteiger partial charge on any atom is 0.323 e. The average molecular weight is 202 g/mol. The molecule has 0 aliphatic heterocycles. The molecule has 0 aromatic rings. The van der Waals surface area contributed by atoms with E-state index in [1.54, 1.807) is 0 Å². The maximum atomic E-state index is 11.2. The van der Waals surface area contributed by atoms with Crippen LogP contribution in [-0.2, 0) is 14.3 Å². The van der Waals surface area contributed by atoms with Crippen LogP contribution < -0.4 is 11.1 Å². The van der Waals surface area contributed by atoms with Crippen LogP contribution in [0.1, 0.15) is 20.3 Å². The van der Waals surface area contributed by atoms with E-state index in [0.717, 1.165) is 0 Å². The molecule has 0 rings (SSSR count). The SMILES string of the molecule is COC(=O)C(NCCC(N)=O)C(C)C. The lowest BCUT2D eigenvalue weighted by Gasteiger charge is -2.19. The Morgan fingerprint density at radius 3 is 2.36 bits per heavy atom. The summed E-state index contributed by atoms with van der Waals surface area (Å²) in [5.74, 6) is -0.579. The predicted molar refractivity (Wildman–Crippen MR) is 52.5 cm³/mol. The van der Waals surface area contributed by atoms with Crippen LogP contribution in [0.5, 0.6) is 0 Å². The molecular weight excluding hydrogens is 184 g/mol. The predicted octanol–water partition coefficient (Wildman–Crippen LogP) is -0.351. The third-order valence-electron chi connectivity index (χ3n) is 1.86. The summed E-state index contributed by atoms with van der Waals surface area (Å²) in [5.41, 5.74) is 4.97. The molecule has 1 atom stereocenters. The van der Waals surface area contributed by atoms with Crippen LogP contribution in [0.15, 0.2) is 0 Å². The van der Waals surface area contributed by atoms with E-state index in [9.17, 15) is 9.59 Å². The molecule has 0 spiro atoms. The summed E-state index contributed by atoms with van der Waals surface area (Å²) in [6.45, 7) is 4.20. The van der Waals surface area contributed by atoms with E-state index < -0.39 is 0 Å². The van der Waals surface area contributed by atoms with Gasteiger partial charge in [-0.3, -0.25) is 9.59 Å². The molecule has 1 unspecified atom stereocenters. The number of primary amides is 1. The van der Waals surface area contributed by atoms with Crippen LogP contribution >= 0.6 is 0 Å². The quantitative estimate of drug-likeness (QED) is 0.577. The van der Waals surface area contributed by atoms with Crippen molar-refractivity contribution in [2.75, 3.05) is 13.7 Å². The highest BCUT2D eigenvalue weighted by Crippen LogP contribution is 2.03. The lowest BCUT2D eigenvalue weighted by atomic mass is 10.0. The van der Waals surface area contributed by atoms with Gasteiger partial charge >= 0.3 is 5.97 Å². The highest BCUT2D eigenvalue weighted by molar-refractivity contribution is 5.76. The molecule has 0 aromatic heterocycles. The molecule has 3 N–H and O–H groups in total. The van der Waals surface area contributed by atoms with Crippen LogP contribution in [0.4, 0.5) is 0 Å². The van der Waals surface area contributed by atoms with Crippen molar-refractivity contribution in [2.24, 2.45) is 11.7 Å². The molecule has 14 heavy (non-hydrogen) atoms. The fraction of sp³-hybridized carbons (Fsp3) is 0.778. The van der Waals surface area contributed by atoms with Gasteiger partial charge in [-0.05, 0) is 5.92 Å². The minimum atomic E-state index is -0.384. The Morgan fingerprint density at radius 2 is 2.00 bits per heavy atom. The molecule has 0 aliphatic rings. The van der Waals surface area contributed by atoms with Gasteiger partial charge in [-0.25, -0.2) is 0 Å². The molecule has 0 heterocycles. The number of nitrogens with one attached hydrogen (secondary N) is 1. The Balaban J connectivity index is 3.98. The second-order valence-corrected chi connectivity index (χ2v) is 3.42. The number of hydrogen-bond donors (Lipinski definition) is 2. The monoisotopic (exact) mass is 202 g/mol. The smallest absolute Gasteiger partial charge is 0.323 e. The summed E-state index contributed by atoms with van der Waals surface area (Å²) in [7, 11) is 1.34. The Hall–Kier alpha value is -1.10. The molecule has 1 amide bonds. The summed E-state index contributed by atoms with van der Waals surface area (Å²) in [5, 5.41) is 2.93. The summed E-state index contributed by atoms with van der Waals surface area (Å²) in [4.78, 5) is 21.7. The zero-order valence-electron chi connectivity index (χ0n) is 8.87. The van der Waals surface area contributed by atoms with E-state index in [0.29, 0.717) is 6.54 Å². The number of carbonyl (C=O) groups excluding carboxylic acids is 2. The van der Waals surface area contributed by atoms with Crippen LogP contribution in [0.2, 0.25) is 0 Å². The summed E-state index contributed by atoms with van der Waals surface area (Å²) in [6.07, 6.45) is 0.222.